The second-order valence-electron chi connectivity index (χ2n) is 7.41. The molecule has 1 heterocycles. The molecule has 1 saturated heterocycles. The van der Waals surface area contributed by atoms with E-state index in [1.54, 1.807) is 30.3 Å². The molecule has 184 valence electrons. The fourth-order valence-electron chi connectivity index (χ4n) is 2.99. The van der Waals surface area contributed by atoms with Gasteiger partial charge in [0.1, 0.15) is 4.90 Å². The van der Waals surface area contributed by atoms with Gasteiger partial charge in [-0.15, -0.1) is 0 Å². The molecule has 9 nitrogen and oxygen atoms in total. The van der Waals surface area contributed by atoms with Crippen LogP contribution in [-0.4, -0.2) is 24.4 Å². The lowest BCUT2D eigenvalue weighted by atomic mass is 10.2. The molecule has 1 aliphatic rings. The zero-order valence-corrected chi connectivity index (χ0v) is 22.2. The summed E-state index contributed by atoms with van der Waals surface area (Å²) in [6.45, 7) is 1.85. The van der Waals surface area contributed by atoms with Crippen molar-refractivity contribution < 1.29 is 22.3 Å². The lowest BCUT2D eigenvalue weighted by molar-refractivity contribution is -0.384. The van der Waals surface area contributed by atoms with Crippen molar-refractivity contribution in [2.45, 2.75) is 11.8 Å². The summed E-state index contributed by atoms with van der Waals surface area (Å²) >= 11 is 10.4. The van der Waals surface area contributed by atoms with Crippen molar-refractivity contribution in [3.05, 3.63) is 96.3 Å². The van der Waals surface area contributed by atoms with Gasteiger partial charge < -0.3 is 9.50 Å². The summed E-state index contributed by atoms with van der Waals surface area (Å²) in [7, 11) is -4.02. The second kappa shape index (κ2) is 10.4. The molecular formula is C23H15BrClN3O6S2. The molecule has 3 aromatic rings. The van der Waals surface area contributed by atoms with E-state index >= 15 is 0 Å². The second-order valence-corrected chi connectivity index (χ2v) is 11.3. The fraction of sp³-hybridized carbons (Fsp3) is 0.0435. The number of rotatable bonds is 6. The van der Waals surface area contributed by atoms with E-state index < -0.39 is 20.9 Å². The van der Waals surface area contributed by atoms with Crippen molar-refractivity contribution in [2.75, 3.05) is 0 Å². The number of nitro benzene ring substituents is 1. The molecule has 0 aliphatic carbocycles. The molecule has 0 atom stereocenters. The quantitative estimate of drug-likeness (QED) is 0.158. The highest BCUT2D eigenvalue weighted by atomic mass is 79.9. The summed E-state index contributed by atoms with van der Waals surface area (Å²) in [5.74, 6) is -0.300. The first-order chi connectivity index (χ1) is 17.0. The van der Waals surface area contributed by atoms with Crippen LogP contribution in [0, 0.1) is 17.0 Å². The van der Waals surface area contributed by atoms with Crippen molar-refractivity contribution in [3.63, 3.8) is 0 Å². The predicted octanol–water partition coefficient (Wildman–Crippen LogP) is 5.98. The van der Waals surface area contributed by atoms with E-state index in [9.17, 15) is 23.3 Å². The third-order valence-corrected chi connectivity index (χ3v) is 7.86. The first-order valence-corrected chi connectivity index (χ1v) is 13.5. The van der Waals surface area contributed by atoms with Gasteiger partial charge in [-0.05, 0) is 76.6 Å². The Bertz CT molecular complexity index is 1560. The molecule has 13 heteroatoms. The van der Waals surface area contributed by atoms with Crippen molar-refractivity contribution in [2.24, 2.45) is 4.99 Å². The number of carbonyl (C=O) groups excluding carboxylic acids is 1. The molecule has 0 aromatic heterocycles. The van der Waals surface area contributed by atoms with Gasteiger partial charge in [0, 0.05) is 12.1 Å². The number of carbonyl (C=O) groups is 1. The highest BCUT2D eigenvalue weighted by molar-refractivity contribution is 9.10. The molecular weight excluding hydrogens is 594 g/mol. The third kappa shape index (κ3) is 5.95. The Morgan fingerprint density at radius 2 is 1.86 bits per heavy atom. The maximum atomic E-state index is 12.6. The minimum Gasteiger partial charge on any atom is -0.378 e. The Morgan fingerprint density at radius 3 is 2.50 bits per heavy atom. The molecule has 0 unspecified atom stereocenters. The van der Waals surface area contributed by atoms with E-state index in [4.69, 9.17) is 15.8 Å². The van der Waals surface area contributed by atoms with Crippen LogP contribution in [0.15, 0.2) is 79.9 Å². The summed E-state index contributed by atoms with van der Waals surface area (Å²) in [6, 6.07) is 14.8. The molecule has 1 N–H and O–H groups in total. The maximum absolute atomic E-state index is 12.6. The largest absolute Gasteiger partial charge is 0.378 e. The number of halogens is 2. The molecule has 0 spiro atoms. The number of benzene rings is 3. The van der Waals surface area contributed by atoms with E-state index in [1.807, 2.05) is 6.92 Å². The molecule has 36 heavy (non-hydrogen) atoms. The third-order valence-electron chi connectivity index (χ3n) is 4.78. The zero-order valence-electron chi connectivity index (χ0n) is 18.3. The lowest BCUT2D eigenvalue weighted by Gasteiger charge is -2.09. The molecule has 1 amide bonds. The number of aryl methyl sites for hydroxylation is 1. The molecule has 0 radical (unpaired) electrons. The minimum atomic E-state index is -4.02. The summed E-state index contributed by atoms with van der Waals surface area (Å²) in [4.78, 5) is 27.3. The van der Waals surface area contributed by atoms with E-state index in [-0.39, 0.29) is 32.2 Å². The number of hydrogen-bond acceptors (Lipinski definition) is 8. The van der Waals surface area contributed by atoms with Gasteiger partial charge in [-0.3, -0.25) is 14.9 Å². The van der Waals surface area contributed by atoms with E-state index in [1.165, 1.54) is 36.4 Å². The number of nitrogens with one attached hydrogen (secondary N) is 1. The summed E-state index contributed by atoms with van der Waals surface area (Å²) in [5.41, 5.74) is 1.63. The number of aliphatic imine (C=N–C) groups is 1. The lowest BCUT2D eigenvalue weighted by Crippen LogP contribution is -2.19. The van der Waals surface area contributed by atoms with Gasteiger partial charge >= 0.3 is 10.1 Å². The topological polar surface area (TPSA) is 128 Å². The van der Waals surface area contributed by atoms with Gasteiger partial charge in [-0.25, -0.2) is 4.99 Å². The monoisotopic (exact) mass is 607 g/mol. The Balaban J connectivity index is 1.52. The molecule has 3 aromatic carbocycles. The van der Waals surface area contributed by atoms with E-state index in [0.29, 0.717) is 14.9 Å². The maximum Gasteiger partial charge on any atom is 0.339 e. The van der Waals surface area contributed by atoms with Crippen LogP contribution in [0.5, 0.6) is 5.75 Å². The van der Waals surface area contributed by atoms with Crippen molar-refractivity contribution in [3.8, 4) is 5.75 Å². The van der Waals surface area contributed by atoms with Crippen molar-refractivity contribution in [1.29, 1.82) is 0 Å². The van der Waals surface area contributed by atoms with Gasteiger partial charge in [0.2, 0.25) is 0 Å². The number of amides is 1. The van der Waals surface area contributed by atoms with Crippen LogP contribution in [-0.2, 0) is 14.9 Å². The molecule has 4 rings (SSSR count). The Morgan fingerprint density at radius 1 is 1.14 bits per heavy atom. The van der Waals surface area contributed by atoms with Crippen molar-refractivity contribution >= 4 is 77.9 Å². The minimum absolute atomic E-state index is 0.0326. The fourth-order valence-corrected chi connectivity index (χ4v) is 5.57. The van der Waals surface area contributed by atoms with Gasteiger partial charge in [-0.2, -0.15) is 8.42 Å². The smallest absolute Gasteiger partial charge is 0.339 e. The number of nitrogens with zero attached hydrogens (tertiary/aromatic N) is 2. The number of hydrogen-bond donors (Lipinski definition) is 1. The zero-order chi connectivity index (χ0) is 26.0. The van der Waals surface area contributed by atoms with Gasteiger partial charge in [-0.1, -0.05) is 35.4 Å². The first-order valence-electron chi connectivity index (χ1n) is 10.1. The van der Waals surface area contributed by atoms with Gasteiger partial charge in [0.15, 0.2) is 10.9 Å². The van der Waals surface area contributed by atoms with Crippen LogP contribution in [0.2, 0.25) is 5.02 Å². The van der Waals surface area contributed by atoms with Crippen LogP contribution in [0.25, 0.3) is 6.08 Å². The SMILES string of the molecule is Cc1ccc(S(=O)(=O)Oc2ccc(/C=C3/SC(=Nc4ccc([N+](=O)[O-])cc4Cl)NC3=O)cc2Br)cc1. The molecule has 1 aliphatic heterocycles. The summed E-state index contributed by atoms with van der Waals surface area (Å²) < 4.78 is 30.8. The standard InChI is InChI=1S/C23H15BrClN3O6S2/c1-13-2-6-16(7-3-13)36(32,33)34-20-9-4-14(10-17(20)24)11-21-22(29)27-23(35-21)26-19-8-5-15(28(30)31)12-18(19)25/h2-12H,1H3,(H,26,27,29)/b21-11+. The normalized spacial score (nSPS) is 15.8. The molecule has 0 bridgehead atoms. The number of thioether (sulfide) groups is 1. The number of non-ortho nitro benzene ring substituents is 1. The predicted molar refractivity (Wildman–Crippen MR) is 142 cm³/mol. The average Bonchev–Trinajstić information content (AvgIpc) is 3.15. The Hall–Kier alpha value is -3.19. The highest BCUT2D eigenvalue weighted by Gasteiger charge is 2.25. The molecule has 1 fully saturated rings. The summed E-state index contributed by atoms with van der Waals surface area (Å²) in [5, 5.41) is 13.8. The first kappa shape index (κ1) is 25.9. The van der Waals surface area contributed by atoms with E-state index in [2.05, 4.69) is 26.2 Å². The number of amidine groups is 1. The van der Waals surface area contributed by atoms with E-state index in [0.717, 1.165) is 17.3 Å². The Kier molecular flexibility index (Phi) is 7.50. The van der Waals surface area contributed by atoms with Gasteiger partial charge in [0.05, 0.1) is 25.0 Å². The van der Waals surface area contributed by atoms with Crippen LogP contribution in [0.3, 0.4) is 0 Å². The van der Waals surface area contributed by atoms with Crippen molar-refractivity contribution in [1.82, 2.24) is 5.32 Å². The van der Waals surface area contributed by atoms with Crippen LogP contribution in [0.4, 0.5) is 11.4 Å². The number of nitro groups is 1. The average molecular weight is 609 g/mol. The van der Waals surface area contributed by atoms with Crippen LogP contribution >= 0.6 is 39.3 Å². The van der Waals surface area contributed by atoms with Gasteiger partial charge in [0.25, 0.3) is 11.6 Å². The Labute approximate surface area is 223 Å². The highest BCUT2D eigenvalue weighted by Crippen LogP contribution is 2.34. The van der Waals surface area contributed by atoms with Crippen LogP contribution < -0.4 is 9.50 Å². The van der Waals surface area contributed by atoms with Crippen LogP contribution in [0.1, 0.15) is 11.1 Å². The molecule has 0 saturated carbocycles. The summed E-state index contributed by atoms with van der Waals surface area (Å²) in [6.07, 6.45) is 1.60.